The SMILES string of the molecule is C=CCN(C(=O)CC(NC(C)=O)c1ccc(C)cc1)c1nc(-c2ccccc2)cs1. The van der Waals surface area contributed by atoms with Crippen LogP contribution >= 0.6 is 11.3 Å². The molecule has 3 aromatic rings. The van der Waals surface area contributed by atoms with Crippen LogP contribution in [-0.4, -0.2) is 23.3 Å². The number of carbonyl (C=O) groups excluding carboxylic acids is 2. The minimum absolute atomic E-state index is 0.122. The van der Waals surface area contributed by atoms with Gasteiger partial charge in [0.15, 0.2) is 5.13 Å². The molecule has 0 saturated heterocycles. The number of amides is 2. The molecule has 0 saturated carbocycles. The first-order valence-corrected chi connectivity index (χ1v) is 10.6. The van der Waals surface area contributed by atoms with Crippen molar-refractivity contribution in [3.8, 4) is 11.3 Å². The molecule has 154 valence electrons. The average molecular weight is 420 g/mol. The van der Waals surface area contributed by atoms with Gasteiger partial charge in [0, 0.05) is 24.4 Å². The molecular formula is C24H25N3O2S. The normalized spacial score (nSPS) is 11.5. The number of carbonyl (C=O) groups is 2. The molecule has 1 aromatic heterocycles. The number of aryl methyl sites for hydroxylation is 1. The summed E-state index contributed by atoms with van der Waals surface area (Å²) >= 11 is 1.42. The van der Waals surface area contributed by atoms with Crippen molar-refractivity contribution in [1.29, 1.82) is 0 Å². The molecule has 1 atom stereocenters. The summed E-state index contributed by atoms with van der Waals surface area (Å²) in [5, 5.41) is 5.46. The van der Waals surface area contributed by atoms with Crippen molar-refractivity contribution >= 4 is 28.3 Å². The highest BCUT2D eigenvalue weighted by molar-refractivity contribution is 7.14. The summed E-state index contributed by atoms with van der Waals surface area (Å²) in [6, 6.07) is 17.3. The molecule has 0 aliphatic heterocycles. The van der Waals surface area contributed by atoms with Crippen LogP contribution in [0, 0.1) is 6.92 Å². The molecule has 2 aromatic carbocycles. The number of anilines is 1. The van der Waals surface area contributed by atoms with E-state index >= 15 is 0 Å². The van der Waals surface area contributed by atoms with E-state index in [9.17, 15) is 9.59 Å². The fourth-order valence-corrected chi connectivity index (χ4v) is 3.99. The Bertz CT molecular complexity index is 1010. The van der Waals surface area contributed by atoms with E-state index in [1.165, 1.54) is 18.3 Å². The molecule has 0 aliphatic rings. The van der Waals surface area contributed by atoms with Crippen molar-refractivity contribution in [2.75, 3.05) is 11.4 Å². The predicted octanol–water partition coefficient (Wildman–Crippen LogP) is 4.91. The van der Waals surface area contributed by atoms with Gasteiger partial charge in [-0.05, 0) is 12.5 Å². The fraction of sp³-hybridized carbons (Fsp3) is 0.208. The van der Waals surface area contributed by atoms with E-state index < -0.39 is 6.04 Å². The largest absolute Gasteiger partial charge is 0.349 e. The van der Waals surface area contributed by atoms with E-state index in [0.717, 1.165) is 22.4 Å². The summed E-state index contributed by atoms with van der Waals surface area (Å²) in [4.78, 5) is 31.2. The summed E-state index contributed by atoms with van der Waals surface area (Å²) in [5.74, 6) is -0.299. The van der Waals surface area contributed by atoms with Crippen LogP contribution in [0.5, 0.6) is 0 Å². The van der Waals surface area contributed by atoms with Crippen LogP contribution in [0.1, 0.15) is 30.5 Å². The molecule has 0 radical (unpaired) electrons. The molecule has 0 aliphatic carbocycles. The highest BCUT2D eigenvalue weighted by Gasteiger charge is 2.24. The first kappa shape index (κ1) is 21.5. The van der Waals surface area contributed by atoms with Crippen LogP contribution in [0.3, 0.4) is 0 Å². The van der Waals surface area contributed by atoms with E-state index in [0.29, 0.717) is 11.7 Å². The third-order valence-electron chi connectivity index (χ3n) is 4.64. The van der Waals surface area contributed by atoms with E-state index in [-0.39, 0.29) is 18.2 Å². The van der Waals surface area contributed by atoms with Crippen LogP contribution in [-0.2, 0) is 9.59 Å². The number of thiazole rings is 1. The number of aromatic nitrogens is 1. The Balaban J connectivity index is 1.83. The van der Waals surface area contributed by atoms with E-state index in [1.54, 1.807) is 11.0 Å². The monoisotopic (exact) mass is 419 g/mol. The summed E-state index contributed by atoms with van der Waals surface area (Å²) in [6.45, 7) is 7.59. The standard InChI is InChI=1S/C24H25N3O2S/c1-4-14-27(24-26-22(16-30-24)19-8-6-5-7-9-19)23(29)15-21(25-18(3)28)20-12-10-17(2)11-13-20/h4-13,16,21H,1,14-15H2,2-3H3,(H,25,28). The molecule has 3 rings (SSSR count). The number of hydrogen-bond donors (Lipinski definition) is 1. The van der Waals surface area contributed by atoms with Crippen molar-refractivity contribution in [2.24, 2.45) is 0 Å². The van der Waals surface area contributed by atoms with E-state index in [4.69, 9.17) is 0 Å². The summed E-state index contributed by atoms with van der Waals surface area (Å²) < 4.78 is 0. The molecule has 1 unspecified atom stereocenters. The molecule has 1 heterocycles. The Morgan fingerprint density at radius 3 is 2.50 bits per heavy atom. The van der Waals surface area contributed by atoms with Gasteiger partial charge in [-0.15, -0.1) is 17.9 Å². The minimum atomic E-state index is -0.406. The van der Waals surface area contributed by atoms with Gasteiger partial charge in [-0.1, -0.05) is 66.2 Å². The van der Waals surface area contributed by atoms with E-state index in [1.807, 2.05) is 66.9 Å². The van der Waals surface area contributed by atoms with Crippen LogP contribution in [0.2, 0.25) is 0 Å². The quantitative estimate of drug-likeness (QED) is 0.528. The van der Waals surface area contributed by atoms with E-state index in [2.05, 4.69) is 16.9 Å². The van der Waals surface area contributed by atoms with Gasteiger partial charge in [-0.3, -0.25) is 14.5 Å². The van der Waals surface area contributed by atoms with Gasteiger partial charge in [0.25, 0.3) is 0 Å². The molecule has 2 amide bonds. The van der Waals surface area contributed by atoms with Gasteiger partial charge < -0.3 is 5.32 Å². The van der Waals surface area contributed by atoms with Crippen LogP contribution < -0.4 is 10.2 Å². The molecule has 0 bridgehead atoms. The lowest BCUT2D eigenvalue weighted by Gasteiger charge is -2.23. The van der Waals surface area contributed by atoms with Crippen molar-refractivity contribution in [1.82, 2.24) is 10.3 Å². The summed E-state index contributed by atoms with van der Waals surface area (Å²) in [6.07, 6.45) is 1.82. The zero-order valence-corrected chi connectivity index (χ0v) is 18.0. The smallest absolute Gasteiger partial charge is 0.231 e. The lowest BCUT2D eigenvalue weighted by atomic mass is 10.0. The van der Waals surface area contributed by atoms with Crippen molar-refractivity contribution < 1.29 is 9.59 Å². The maximum absolute atomic E-state index is 13.2. The number of nitrogens with one attached hydrogen (secondary N) is 1. The maximum Gasteiger partial charge on any atom is 0.231 e. The zero-order chi connectivity index (χ0) is 21.5. The lowest BCUT2D eigenvalue weighted by molar-refractivity contribution is -0.121. The van der Waals surface area contributed by atoms with Gasteiger partial charge in [0.2, 0.25) is 11.8 Å². The van der Waals surface area contributed by atoms with Crippen molar-refractivity contribution in [2.45, 2.75) is 26.3 Å². The summed E-state index contributed by atoms with van der Waals surface area (Å²) in [7, 11) is 0. The molecule has 30 heavy (non-hydrogen) atoms. The Morgan fingerprint density at radius 2 is 1.87 bits per heavy atom. The van der Waals surface area contributed by atoms with Crippen molar-refractivity contribution in [3.63, 3.8) is 0 Å². The highest BCUT2D eigenvalue weighted by Crippen LogP contribution is 2.29. The Kier molecular flexibility index (Phi) is 7.14. The fourth-order valence-electron chi connectivity index (χ4n) is 3.13. The Hall–Kier alpha value is -3.25. The van der Waals surface area contributed by atoms with Crippen molar-refractivity contribution in [3.05, 3.63) is 83.8 Å². The molecule has 6 heteroatoms. The second-order valence-electron chi connectivity index (χ2n) is 7.04. The Labute approximate surface area is 181 Å². The van der Waals surface area contributed by atoms with Crippen LogP contribution in [0.15, 0.2) is 72.6 Å². The summed E-state index contributed by atoms with van der Waals surface area (Å²) in [5.41, 5.74) is 3.85. The molecule has 0 fully saturated rings. The third-order valence-corrected chi connectivity index (χ3v) is 5.50. The van der Waals surface area contributed by atoms with Crippen LogP contribution in [0.4, 0.5) is 5.13 Å². The number of hydrogen-bond acceptors (Lipinski definition) is 4. The third kappa shape index (κ3) is 5.42. The lowest BCUT2D eigenvalue weighted by Crippen LogP contribution is -2.36. The average Bonchev–Trinajstić information content (AvgIpc) is 3.22. The predicted molar refractivity (Wildman–Crippen MR) is 122 cm³/mol. The molecule has 1 N–H and O–H groups in total. The first-order valence-electron chi connectivity index (χ1n) is 9.74. The van der Waals surface area contributed by atoms with Gasteiger partial charge in [0.05, 0.1) is 18.2 Å². The maximum atomic E-state index is 13.2. The molecule has 0 spiro atoms. The van der Waals surface area contributed by atoms with Gasteiger partial charge in [-0.25, -0.2) is 4.98 Å². The van der Waals surface area contributed by atoms with Gasteiger partial charge >= 0.3 is 0 Å². The number of rotatable bonds is 8. The van der Waals surface area contributed by atoms with Gasteiger partial charge in [0.1, 0.15) is 0 Å². The first-order chi connectivity index (χ1) is 14.5. The molecule has 5 nitrogen and oxygen atoms in total. The van der Waals surface area contributed by atoms with Gasteiger partial charge in [-0.2, -0.15) is 0 Å². The zero-order valence-electron chi connectivity index (χ0n) is 17.2. The number of benzene rings is 2. The topological polar surface area (TPSA) is 62.3 Å². The molecular weight excluding hydrogens is 394 g/mol. The second-order valence-corrected chi connectivity index (χ2v) is 7.88. The minimum Gasteiger partial charge on any atom is -0.349 e. The van der Waals surface area contributed by atoms with Crippen LogP contribution in [0.25, 0.3) is 11.3 Å². The second kappa shape index (κ2) is 9.98. The number of nitrogens with zero attached hydrogens (tertiary/aromatic N) is 2. The highest BCUT2D eigenvalue weighted by atomic mass is 32.1. The Morgan fingerprint density at radius 1 is 1.17 bits per heavy atom.